The van der Waals surface area contributed by atoms with Crippen molar-refractivity contribution in [3.8, 4) is 0 Å². The van der Waals surface area contributed by atoms with Crippen LogP contribution in [0, 0.1) is 6.92 Å². The van der Waals surface area contributed by atoms with Gasteiger partial charge < -0.3 is 5.32 Å². The summed E-state index contributed by atoms with van der Waals surface area (Å²) in [5, 5.41) is 2.74. The van der Waals surface area contributed by atoms with Gasteiger partial charge in [0.05, 0.1) is 4.90 Å². The zero-order chi connectivity index (χ0) is 18.0. The highest BCUT2D eigenvalue weighted by Gasteiger charge is 2.27. The molecule has 0 bridgehead atoms. The lowest BCUT2D eigenvalue weighted by Crippen LogP contribution is -2.27. The number of aryl methyl sites for hydroxylation is 1. The van der Waals surface area contributed by atoms with E-state index < -0.39 is 10.0 Å². The molecule has 0 radical (unpaired) electrons. The van der Waals surface area contributed by atoms with E-state index in [2.05, 4.69) is 26.2 Å². The van der Waals surface area contributed by atoms with Gasteiger partial charge in [-0.3, -0.25) is 4.79 Å². The van der Waals surface area contributed by atoms with Crippen LogP contribution in [0.4, 0.5) is 5.82 Å². The fourth-order valence-corrected chi connectivity index (χ4v) is 4.67. The third kappa shape index (κ3) is 3.91. The molecular formula is C17H18BrN3O3S. The van der Waals surface area contributed by atoms with E-state index in [1.807, 2.05) is 13.0 Å². The molecule has 0 aliphatic carbocycles. The largest absolute Gasteiger partial charge is 0.306 e. The Labute approximate surface area is 155 Å². The van der Waals surface area contributed by atoms with Crippen LogP contribution >= 0.6 is 15.9 Å². The van der Waals surface area contributed by atoms with Crippen molar-refractivity contribution in [1.29, 1.82) is 0 Å². The number of benzene rings is 1. The molecule has 1 aliphatic heterocycles. The number of carbonyl (C=O) groups is 1. The normalized spacial score (nSPS) is 15.3. The molecule has 0 unspecified atom stereocenters. The van der Waals surface area contributed by atoms with Gasteiger partial charge in [0.2, 0.25) is 10.0 Å². The van der Waals surface area contributed by atoms with Crippen LogP contribution in [0.15, 0.2) is 45.9 Å². The second-order valence-corrected chi connectivity index (χ2v) is 8.76. The Morgan fingerprint density at radius 3 is 2.44 bits per heavy atom. The third-order valence-corrected chi connectivity index (χ3v) is 6.44. The Morgan fingerprint density at radius 1 is 1.20 bits per heavy atom. The molecule has 0 atom stereocenters. The molecule has 0 saturated carbocycles. The Morgan fingerprint density at radius 2 is 1.84 bits per heavy atom. The first kappa shape index (κ1) is 18.0. The van der Waals surface area contributed by atoms with E-state index in [0.29, 0.717) is 24.5 Å². The van der Waals surface area contributed by atoms with Gasteiger partial charge in [-0.25, -0.2) is 13.4 Å². The number of nitrogens with zero attached hydrogens (tertiary/aromatic N) is 2. The van der Waals surface area contributed by atoms with Crippen LogP contribution in [0.25, 0.3) is 0 Å². The molecule has 3 rings (SSSR count). The van der Waals surface area contributed by atoms with Crippen molar-refractivity contribution in [2.75, 3.05) is 18.4 Å². The van der Waals surface area contributed by atoms with Gasteiger partial charge >= 0.3 is 0 Å². The van der Waals surface area contributed by atoms with Crippen molar-refractivity contribution in [2.24, 2.45) is 0 Å². The van der Waals surface area contributed by atoms with Gasteiger partial charge in [0.1, 0.15) is 5.82 Å². The topological polar surface area (TPSA) is 79.4 Å². The van der Waals surface area contributed by atoms with Gasteiger partial charge in [0.25, 0.3) is 5.91 Å². The first-order valence-electron chi connectivity index (χ1n) is 7.91. The number of hydrogen-bond acceptors (Lipinski definition) is 4. The van der Waals surface area contributed by atoms with Gasteiger partial charge in [-0.1, -0.05) is 0 Å². The van der Waals surface area contributed by atoms with E-state index in [4.69, 9.17) is 0 Å². The quantitative estimate of drug-likeness (QED) is 0.818. The average molecular weight is 424 g/mol. The standard InChI is InChI=1S/C17H18BrN3O3S/c1-12-10-14(18)11-19-16(12)20-17(22)13-4-6-15(7-5-13)25(23,24)21-8-2-3-9-21/h4-7,10-11H,2-3,8-9H2,1H3,(H,19,20,22). The number of carbonyl (C=O) groups excluding carboxylic acids is 1. The van der Waals surface area contributed by atoms with Gasteiger partial charge in [0.15, 0.2) is 0 Å². The molecule has 1 saturated heterocycles. The minimum Gasteiger partial charge on any atom is -0.306 e. The summed E-state index contributed by atoms with van der Waals surface area (Å²) < 4.78 is 27.3. The van der Waals surface area contributed by atoms with E-state index in [1.165, 1.54) is 28.6 Å². The van der Waals surface area contributed by atoms with Crippen molar-refractivity contribution in [2.45, 2.75) is 24.7 Å². The molecule has 0 spiro atoms. The predicted octanol–water partition coefficient (Wildman–Crippen LogP) is 3.19. The molecule has 8 heteroatoms. The van der Waals surface area contributed by atoms with E-state index in [9.17, 15) is 13.2 Å². The van der Waals surface area contributed by atoms with Crippen LogP contribution in [-0.4, -0.2) is 36.7 Å². The Bertz CT molecular complexity index is 892. The lowest BCUT2D eigenvalue weighted by molar-refractivity contribution is 0.102. The Hall–Kier alpha value is -1.77. The smallest absolute Gasteiger partial charge is 0.256 e. The number of amides is 1. The summed E-state index contributed by atoms with van der Waals surface area (Å²) in [5.74, 6) is 0.144. The van der Waals surface area contributed by atoms with Crippen LogP contribution in [0.1, 0.15) is 28.8 Å². The first-order chi connectivity index (χ1) is 11.9. The maximum atomic E-state index is 12.5. The fourth-order valence-electron chi connectivity index (χ4n) is 2.71. The van der Waals surface area contributed by atoms with Crippen LogP contribution in [0.5, 0.6) is 0 Å². The highest BCUT2D eigenvalue weighted by molar-refractivity contribution is 9.10. The van der Waals surface area contributed by atoms with Gasteiger partial charge in [-0.05, 0) is 71.6 Å². The van der Waals surface area contributed by atoms with E-state index in [0.717, 1.165) is 22.9 Å². The lowest BCUT2D eigenvalue weighted by Gasteiger charge is -2.15. The van der Waals surface area contributed by atoms with Gasteiger partial charge in [-0.2, -0.15) is 4.31 Å². The van der Waals surface area contributed by atoms with E-state index in [1.54, 1.807) is 6.20 Å². The molecule has 6 nitrogen and oxygen atoms in total. The van der Waals surface area contributed by atoms with Crippen molar-refractivity contribution in [3.63, 3.8) is 0 Å². The van der Waals surface area contributed by atoms with E-state index in [-0.39, 0.29) is 10.8 Å². The molecule has 1 aliphatic rings. The minimum atomic E-state index is -3.47. The number of halogens is 1. The fraction of sp³-hybridized carbons (Fsp3) is 0.294. The second-order valence-electron chi connectivity index (χ2n) is 5.91. The predicted molar refractivity (Wildman–Crippen MR) is 99.1 cm³/mol. The SMILES string of the molecule is Cc1cc(Br)cnc1NC(=O)c1ccc(S(=O)(=O)N2CCCC2)cc1. The van der Waals surface area contributed by atoms with Gasteiger partial charge in [-0.15, -0.1) is 0 Å². The number of nitrogens with one attached hydrogen (secondary N) is 1. The molecule has 25 heavy (non-hydrogen) atoms. The number of sulfonamides is 1. The molecule has 1 amide bonds. The van der Waals surface area contributed by atoms with Crippen LogP contribution in [0.2, 0.25) is 0 Å². The maximum Gasteiger partial charge on any atom is 0.256 e. The highest BCUT2D eigenvalue weighted by atomic mass is 79.9. The van der Waals surface area contributed by atoms with Crippen molar-refractivity contribution in [3.05, 3.63) is 52.1 Å². The average Bonchev–Trinajstić information content (AvgIpc) is 3.13. The summed E-state index contributed by atoms with van der Waals surface area (Å²) in [6.07, 6.45) is 3.38. The molecule has 1 aromatic heterocycles. The minimum absolute atomic E-state index is 0.212. The Kier molecular flexibility index (Phi) is 5.21. The number of anilines is 1. The maximum absolute atomic E-state index is 12.5. The van der Waals surface area contributed by atoms with Crippen molar-refractivity contribution >= 4 is 37.7 Å². The summed E-state index contributed by atoms with van der Waals surface area (Å²) in [6, 6.07) is 7.85. The van der Waals surface area contributed by atoms with Crippen LogP contribution in [0.3, 0.4) is 0 Å². The highest BCUT2D eigenvalue weighted by Crippen LogP contribution is 2.22. The number of aromatic nitrogens is 1. The number of rotatable bonds is 4. The third-order valence-electron chi connectivity index (χ3n) is 4.10. The lowest BCUT2D eigenvalue weighted by atomic mass is 10.2. The molecule has 1 aromatic carbocycles. The molecule has 2 heterocycles. The number of pyridine rings is 1. The zero-order valence-corrected chi connectivity index (χ0v) is 16.1. The first-order valence-corrected chi connectivity index (χ1v) is 10.1. The molecule has 2 aromatic rings. The number of hydrogen-bond donors (Lipinski definition) is 1. The summed E-state index contributed by atoms with van der Waals surface area (Å²) in [6.45, 7) is 2.96. The van der Waals surface area contributed by atoms with Gasteiger partial charge in [0, 0.05) is 29.3 Å². The van der Waals surface area contributed by atoms with E-state index >= 15 is 0 Å². The summed E-state index contributed by atoms with van der Waals surface area (Å²) in [7, 11) is -3.47. The second kappa shape index (κ2) is 7.23. The Balaban J connectivity index is 1.76. The molecule has 1 fully saturated rings. The summed E-state index contributed by atoms with van der Waals surface area (Å²) >= 11 is 3.33. The van der Waals surface area contributed by atoms with Crippen LogP contribution in [-0.2, 0) is 10.0 Å². The summed E-state index contributed by atoms with van der Waals surface area (Å²) in [5.41, 5.74) is 1.21. The zero-order valence-electron chi connectivity index (χ0n) is 13.7. The molecule has 1 N–H and O–H groups in total. The monoisotopic (exact) mass is 423 g/mol. The van der Waals surface area contributed by atoms with Crippen molar-refractivity contribution < 1.29 is 13.2 Å². The van der Waals surface area contributed by atoms with Crippen LogP contribution < -0.4 is 5.32 Å². The molecule has 132 valence electrons. The molecular weight excluding hydrogens is 406 g/mol. The summed E-state index contributed by atoms with van der Waals surface area (Å²) in [4.78, 5) is 16.7. The van der Waals surface area contributed by atoms with Crippen molar-refractivity contribution in [1.82, 2.24) is 9.29 Å².